The number of carbonyl (C=O) groups excluding carboxylic acids is 3. The number of nitrogens with zero attached hydrogens (tertiary/aromatic N) is 2. The Kier molecular flexibility index (Phi) is 6.93. The Labute approximate surface area is 193 Å². The Morgan fingerprint density at radius 1 is 1.09 bits per heavy atom. The molecule has 4 rings (SSSR count). The van der Waals surface area contributed by atoms with Crippen molar-refractivity contribution in [2.45, 2.75) is 39.0 Å². The third-order valence-electron chi connectivity index (χ3n) is 5.95. The van der Waals surface area contributed by atoms with Crippen LogP contribution in [0.1, 0.15) is 36.1 Å². The highest BCUT2D eigenvalue weighted by molar-refractivity contribution is 5.91. The van der Waals surface area contributed by atoms with Crippen LogP contribution in [0.3, 0.4) is 0 Å². The van der Waals surface area contributed by atoms with Gasteiger partial charge in [-0.15, -0.1) is 0 Å². The number of benzene rings is 2. The molecule has 2 fully saturated rings. The van der Waals surface area contributed by atoms with Gasteiger partial charge < -0.3 is 19.7 Å². The zero-order chi connectivity index (χ0) is 23.4. The van der Waals surface area contributed by atoms with Gasteiger partial charge in [-0.2, -0.15) is 0 Å². The first-order valence-electron chi connectivity index (χ1n) is 11.3. The number of anilines is 1. The van der Waals surface area contributed by atoms with Crippen molar-refractivity contribution in [3.8, 4) is 0 Å². The van der Waals surface area contributed by atoms with Gasteiger partial charge in [0.25, 0.3) is 0 Å². The zero-order valence-corrected chi connectivity index (χ0v) is 19.0. The van der Waals surface area contributed by atoms with Crippen molar-refractivity contribution >= 4 is 23.6 Å². The fourth-order valence-corrected chi connectivity index (χ4v) is 4.10. The van der Waals surface area contributed by atoms with E-state index in [0.29, 0.717) is 44.0 Å². The summed E-state index contributed by atoms with van der Waals surface area (Å²) in [5, 5.41) is 2.83. The molecule has 2 aromatic rings. The summed E-state index contributed by atoms with van der Waals surface area (Å²) in [5.41, 5.74) is 3.30. The Balaban J connectivity index is 1.65. The standard InChI is InChI=1S/C25H29N3O5/c1-3-21(29)26-20-6-4-5-19(15-20)23-22(24(30)27-11-13-32-14-12-27)28(25(31)33-23)16-18-9-7-17(2)8-10-18/h4-10,15,22-23H,3,11-14,16H2,1-2H3,(H,26,29). The molecule has 0 saturated carbocycles. The summed E-state index contributed by atoms with van der Waals surface area (Å²) < 4.78 is 11.2. The number of carbonyl (C=O) groups is 3. The van der Waals surface area contributed by atoms with E-state index in [1.54, 1.807) is 30.0 Å². The summed E-state index contributed by atoms with van der Waals surface area (Å²) >= 11 is 0. The van der Waals surface area contributed by atoms with Gasteiger partial charge in [0.15, 0.2) is 12.1 Å². The molecule has 2 aliphatic rings. The third-order valence-corrected chi connectivity index (χ3v) is 5.95. The van der Waals surface area contributed by atoms with E-state index in [2.05, 4.69) is 5.32 Å². The normalized spacial score (nSPS) is 20.5. The van der Waals surface area contributed by atoms with Crippen molar-refractivity contribution in [2.24, 2.45) is 0 Å². The lowest BCUT2D eigenvalue weighted by atomic mass is 9.99. The molecule has 0 aliphatic carbocycles. The summed E-state index contributed by atoms with van der Waals surface area (Å²) in [6.07, 6.45) is -0.961. The predicted octanol–water partition coefficient (Wildman–Crippen LogP) is 3.26. The monoisotopic (exact) mass is 451 g/mol. The van der Waals surface area contributed by atoms with Gasteiger partial charge in [0.05, 0.1) is 19.8 Å². The summed E-state index contributed by atoms with van der Waals surface area (Å²) in [5.74, 6) is -0.276. The first-order valence-corrected chi connectivity index (χ1v) is 11.3. The van der Waals surface area contributed by atoms with Crippen molar-refractivity contribution in [3.63, 3.8) is 0 Å². The van der Waals surface area contributed by atoms with Crippen molar-refractivity contribution in [1.82, 2.24) is 9.80 Å². The average Bonchev–Trinajstić information content (AvgIpc) is 3.16. The highest BCUT2D eigenvalue weighted by Gasteiger charge is 2.48. The number of cyclic esters (lactones) is 1. The summed E-state index contributed by atoms with van der Waals surface area (Å²) in [6.45, 7) is 5.92. The quantitative estimate of drug-likeness (QED) is 0.728. The number of aryl methyl sites for hydroxylation is 1. The largest absolute Gasteiger partial charge is 0.438 e. The number of rotatable bonds is 6. The Hall–Kier alpha value is -3.39. The maximum Gasteiger partial charge on any atom is 0.411 e. The molecule has 2 heterocycles. The van der Waals surface area contributed by atoms with Crippen LogP contribution < -0.4 is 5.32 Å². The minimum atomic E-state index is -0.811. The van der Waals surface area contributed by atoms with Gasteiger partial charge in [-0.3, -0.25) is 14.5 Å². The predicted molar refractivity (Wildman–Crippen MR) is 122 cm³/mol. The van der Waals surface area contributed by atoms with Crippen molar-refractivity contribution in [3.05, 3.63) is 65.2 Å². The van der Waals surface area contributed by atoms with Crippen LogP contribution in [0, 0.1) is 6.92 Å². The molecular formula is C25H29N3O5. The molecule has 0 aromatic heterocycles. The Bertz CT molecular complexity index is 1020. The number of ether oxygens (including phenoxy) is 2. The first-order chi connectivity index (χ1) is 16.0. The van der Waals surface area contributed by atoms with Crippen LogP contribution in [0.15, 0.2) is 48.5 Å². The van der Waals surface area contributed by atoms with Crippen LogP contribution in [0.25, 0.3) is 0 Å². The molecule has 2 unspecified atom stereocenters. The highest BCUT2D eigenvalue weighted by atomic mass is 16.6. The van der Waals surface area contributed by atoms with E-state index in [1.807, 2.05) is 37.3 Å². The van der Waals surface area contributed by atoms with E-state index in [0.717, 1.165) is 11.1 Å². The molecule has 0 bridgehead atoms. The lowest BCUT2D eigenvalue weighted by Crippen LogP contribution is -2.51. The molecule has 2 atom stereocenters. The molecule has 2 aromatic carbocycles. The van der Waals surface area contributed by atoms with Crippen LogP contribution in [-0.2, 0) is 25.6 Å². The van der Waals surface area contributed by atoms with E-state index in [-0.39, 0.29) is 18.4 Å². The lowest BCUT2D eigenvalue weighted by Gasteiger charge is -2.33. The smallest absolute Gasteiger partial charge is 0.411 e. The lowest BCUT2D eigenvalue weighted by molar-refractivity contribution is -0.141. The molecule has 1 N–H and O–H groups in total. The second-order valence-corrected chi connectivity index (χ2v) is 8.33. The fraction of sp³-hybridized carbons (Fsp3) is 0.400. The van der Waals surface area contributed by atoms with E-state index in [1.165, 1.54) is 4.90 Å². The van der Waals surface area contributed by atoms with Crippen LogP contribution in [-0.4, -0.2) is 60.1 Å². The van der Waals surface area contributed by atoms with Gasteiger partial charge in [0.1, 0.15) is 0 Å². The van der Waals surface area contributed by atoms with Crippen LogP contribution in [0.5, 0.6) is 0 Å². The average molecular weight is 452 g/mol. The number of morpholine rings is 1. The van der Waals surface area contributed by atoms with Gasteiger partial charge in [-0.1, -0.05) is 48.9 Å². The molecule has 2 aliphatic heterocycles. The molecule has 8 nitrogen and oxygen atoms in total. The minimum Gasteiger partial charge on any atom is -0.438 e. The van der Waals surface area contributed by atoms with Crippen LogP contribution >= 0.6 is 0 Å². The second-order valence-electron chi connectivity index (χ2n) is 8.33. The first kappa shape index (κ1) is 22.8. The molecule has 8 heteroatoms. The molecule has 0 radical (unpaired) electrons. The molecule has 2 saturated heterocycles. The maximum atomic E-state index is 13.6. The number of hydrogen-bond acceptors (Lipinski definition) is 5. The fourth-order valence-electron chi connectivity index (χ4n) is 4.10. The SMILES string of the molecule is CCC(=O)Nc1cccc(C2OC(=O)N(Cc3ccc(C)cc3)C2C(=O)N2CCOCC2)c1. The summed E-state index contributed by atoms with van der Waals surface area (Å²) in [4.78, 5) is 41.7. The molecular weight excluding hydrogens is 422 g/mol. The van der Waals surface area contributed by atoms with Gasteiger partial charge >= 0.3 is 6.09 Å². The topological polar surface area (TPSA) is 88.2 Å². The van der Waals surface area contributed by atoms with E-state index >= 15 is 0 Å². The van der Waals surface area contributed by atoms with Crippen molar-refractivity contribution in [1.29, 1.82) is 0 Å². The Morgan fingerprint density at radius 3 is 2.52 bits per heavy atom. The van der Waals surface area contributed by atoms with E-state index in [9.17, 15) is 14.4 Å². The second kappa shape index (κ2) is 10.0. The molecule has 174 valence electrons. The number of amides is 3. The van der Waals surface area contributed by atoms with Gasteiger partial charge in [-0.25, -0.2) is 4.79 Å². The summed E-state index contributed by atoms with van der Waals surface area (Å²) in [6, 6.07) is 14.2. The minimum absolute atomic E-state index is 0.113. The van der Waals surface area contributed by atoms with Gasteiger partial charge in [0, 0.05) is 25.2 Å². The van der Waals surface area contributed by atoms with Crippen LogP contribution in [0.2, 0.25) is 0 Å². The highest BCUT2D eigenvalue weighted by Crippen LogP contribution is 2.36. The maximum absolute atomic E-state index is 13.6. The Morgan fingerprint density at radius 2 is 1.82 bits per heavy atom. The zero-order valence-electron chi connectivity index (χ0n) is 19.0. The molecule has 33 heavy (non-hydrogen) atoms. The molecule has 3 amide bonds. The van der Waals surface area contributed by atoms with Crippen LogP contribution in [0.4, 0.5) is 10.5 Å². The summed E-state index contributed by atoms with van der Waals surface area (Å²) in [7, 11) is 0. The van der Waals surface area contributed by atoms with Crippen molar-refractivity contribution in [2.75, 3.05) is 31.6 Å². The van der Waals surface area contributed by atoms with E-state index in [4.69, 9.17) is 9.47 Å². The number of hydrogen-bond donors (Lipinski definition) is 1. The molecule has 0 spiro atoms. The van der Waals surface area contributed by atoms with Crippen molar-refractivity contribution < 1.29 is 23.9 Å². The van der Waals surface area contributed by atoms with Gasteiger partial charge in [-0.05, 0) is 30.2 Å². The van der Waals surface area contributed by atoms with E-state index < -0.39 is 18.2 Å². The van der Waals surface area contributed by atoms with Gasteiger partial charge in [0.2, 0.25) is 11.8 Å². The number of nitrogens with one attached hydrogen (secondary N) is 1. The third kappa shape index (κ3) is 5.17.